The molecule has 1 aromatic rings. The van der Waals surface area contributed by atoms with Crippen molar-refractivity contribution in [1.82, 2.24) is 15.3 Å². The highest BCUT2D eigenvalue weighted by molar-refractivity contribution is 5.37. The molecule has 0 radical (unpaired) electrons. The van der Waals surface area contributed by atoms with Crippen LogP contribution in [0.15, 0.2) is 12.4 Å². The molecule has 0 aliphatic rings. The van der Waals surface area contributed by atoms with E-state index in [0.717, 1.165) is 37.6 Å². The predicted molar refractivity (Wildman–Crippen MR) is 67.8 cm³/mol. The maximum absolute atomic E-state index is 4.27. The zero-order valence-corrected chi connectivity index (χ0v) is 10.5. The van der Waals surface area contributed by atoms with Gasteiger partial charge < -0.3 is 10.2 Å². The van der Waals surface area contributed by atoms with Crippen molar-refractivity contribution in [2.75, 3.05) is 31.6 Å². The van der Waals surface area contributed by atoms with Gasteiger partial charge in [0.15, 0.2) is 0 Å². The zero-order valence-electron chi connectivity index (χ0n) is 10.5. The Bertz CT molecular complexity index is 301. The Morgan fingerprint density at radius 3 is 2.75 bits per heavy atom. The fourth-order valence-corrected chi connectivity index (χ4v) is 1.45. The summed E-state index contributed by atoms with van der Waals surface area (Å²) in [6, 6.07) is 2.06. The van der Waals surface area contributed by atoms with Crippen LogP contribution in [0.1, 0.15) is 26.0 Å². The van der Waals surface area contributed by atoms with Crippen LogP contribution in [0.25, 0.3) is 0 Å². The molecular weight excluding hydrogens is 200 g/mol. The molecule has 0 aromatic carbocycles. The number of likely N-dealkylation sites (N-methyl/N-ethyl adjacent to an activating group) is 1. The molecule has 0 fully saturated rings. The Morgan fingerprint density at radius 1 is 1.25 bits per heavy atom. The molecule has 16 heavy (non-hydrogen) atoms. The molecule has 1 N–H and O–H groups in total. The Hall–Kier alpha value is -1.16. The van der Waals surface area contributed by atoms with Crippen molar-refractivity contribution in [2.45, 2.75) is 26.7 Å². The molecule has 0 spiro atoms. The second-order valence-corrected chi connectivity index (χ2v) is 3.89. The van der Waals surface area contributed by atoms with Crippen LogP contribution in [0.4, 0.5) is 5.82 Å². The molecule has 1 heterocycles. The normalized spacial score (nSPS) is 10.4. The van der Waals surface area contributed by atoms with Crippen molar-refractivity contribution in [1.29, 1.82) is 0 Å². The first-order valence-electron chi connectivity index (χ1n) is 6.00. The van der Waals surface area contributed by atoms with E-state index in [9.17, 15) is 0 Å². The van der Waals surface area contributed by atoms with Crippen LogP contribution < -0.4 is 10.2 Å². The molecule has 4 nitrogen and oxygen atoms in total. The van der Waals surface area contributed by atoms with Gasteiger partial charge >= 0.3 is 0 Å². The highest BCUT2D eigenvalue weighted by Gasteiger charge is 2.02. The van der Waals surface area contributed by atoms with Gasteiger partial charge in [-0.05, 0) is 19.4 Å². The highest BCUT2D eigenvalue weighted by Crippen LogP contribution is 2.08. The fraction of sp³-hybridized carbons (Fsp3) is 0.667. The number of hydrogen-bond acceptors (Lipinski definition) is 4. The van der Waals surface area contributed by atoms with E-state index < -0.39 is 0 Å². The minimum atomic E-state index is 0.956. The Balaban J connectivity index is 2.42. The monoisotopic (exact) mass is 222 g/mol. The van der Waals surface area contributed by atoms with Gasteiger partial charge in [-0.2, -0.15) is 0 Å². The maximum atomic E-state index is 4.27. The van der Waals surface area contributed by atoms with E-state index in [-0.39, 0.29) is 0 Å². The average Bonchev–Trinajstić information content (AvgIpc) is 2.34. The maximum Gasteiger partial charge on any atom is 0.131 e. The molecule has 0 aliphatic heterocycles. The summed E-state index contributed by atoms with van der Waals surface area (Å²) in [7, 11) is 2.06. The van der Waals surface area contributed by atoms with Crippen LogP contribution in [0.3, 0.4) is 0 Å². The third kappa shape index (κ3) is 4.14. The third-order valence-corrected chi connectivity index (χ3v) is 2.51. The summed E-state index contributed by atoms with van der Waals surface area (Å²) in [6.07, 6.45) is 3.78. The number of nitrogens with one attached hydrogen (secondary N) is 1. The molecule has 0 amide bonds. The zero-order chi connectivity index (χ0) is 11.8. The number of aromatic nitrogens is 2. The summed E-state index contributed by atoms with van der Waals surface area (Å²) in [4.78, 5) is 10.6. The molecule has 0 saturated carbocycles. The number of aryl methyl sites for hydroxylation is 1. The summed E-state index contributed by atoms with van der Waals surface area (Å²) in [6.45, 7) is 7.33. The van der Waals surface area contributed by atoms with Crippen molar-refractivity contribution in [3.8, 4) is 0 Å². The van der Waals surface area contributed by atoms with Crippen molar-refractivity contribution in [3.05, 3.63) is 18.1 Å². The number of nitrogens with zero attached hydrogens (tertiary/aromatic N) is 3. The molecular formula is C12H22N4. The van der Waals surface area contributed by atoms with E-state index >= 15 is 0 Å². The Kier molecular flexibility index (Phi) is 5.78. The van der Waals surface area contributed by atoms with Crippen molar-refractivity contribution < 1.29 is 0 Å². The molecule has 0 atom stereocenters. The molecule has 0 saturated heterocycles. The van der Waals surface area contributed by atoms with E-state index in [1.807, 2.05) is 0 Å². The third-order valence-electron chi connectivity index (χ3n) is 2.51. The summed E-state index contributed by atoms with van der Waals surface area (Å²) in [5, 5.41) is 3.38. The second kappa shape index (κ2) is 7.17. The van der Waals surface area contributed by atoms with Gasteiger partial charge in [0, 0.05) is 31.9 Å². The molecule has 1 aromatic heterocycles. The predicted octanol–water partition coefficient (Wildman–Crippen LogP) is 1.47. The van der Waals surface area contributed by atoms with E-state index in [0.29, 0.717) is 0 Å². The number of hydrogen-bond donors (Lipinski definition) is 1. The van der Waals surface area contributed by atoms with Crippen LogP contribution >= 0.6 is 0 Å². The van der Waals surface area contributed by atoms with Crippen LogP contribution in [-0.2, 0) is 6.42 Å². The van der Waals surface area contributed by atoms with Crippen LogP contribution in [0.2, 0.25) is 0 Å². The lowest BCUT2D eigenvalue weighted by Crippen LogP contribution is -2.30. The SMILES string of the molecule is CCCNCCN(C)c1cc(CC)ncn1. The lowest BCUT2D eigenvalue weighted by Gasteiger charge is -2.18. The summed E-state index contributed by atoms with van der Waals surface area (Å²) >= 11 is 0. The standard InChI is InChI=1S/C12H22N4/c1-4-6-13-7-8-16(3)12-9-11(5-2)14-10-15-12/h9-10,13H,4-8H2,1-3H3. The summed E-state index contributed by atoms with van der Waals surface area (Å²) < 4.78 is 0. The smallest absolute Gasteiger partial charge is 0.131 e. The van der Waals surface area contributed by atoms with Gasteiger partial charge in [-0.1, -0.05) is 13.8 Å². The fourth-order valence-electron chi connectivity index (χ4n) is 1.45. The van der Waals surface area contributed by atoms with Gasteiger partial charge in [-0.3, -0.25) is 0 Å². The Morgan fingerprint density at radius 2 is 2.06 bits per heavy atom. The van der Waals surface area contributed by atoms with Gasteiger partial charge in [0.05, 0.1) is 0 Å². The highest BCUT2D eigenvalue weighted by atomic mass is 15.2. The number of anilines is 1. The minimum Gasteiger partial charge on any atom is -0.358 e. The first-order chi connectivity index (χ1) is 7.77. The molecule has 0 aliphatic carbocycles. The van der Waals surface area contributed by atoms with E-state index in [4.69, 9.17) is 0 Å². The Labute approximate surface area is 98.1 Å². The molecule has 0 bridgehead atoms. The van der Waals surface area contributed by atoms with Crippen molar-refractivity contribution in [3.63, 3.8) is 0 Å². The number of rotatable bonds is 7. The van der Waals surface area contributed by atoms with Crippen molar-refractivity contribution >= 4 is 5.82 Å². The average molecular weight is 222 g/mol. The van der Waals surface area contributed by atoms with Gasteiger partial charge in [-0.25, -0.2) is 9.97 Å². The lowest BCUT2D eigenvalue weighted by molar-refractivity contribution is 0.663. The first kappa shape index (κ1) is 12.9. The van der Waals surface area contributed by atoms with Crippen LogP contribution in [0.5, 0.6) is 0 Å². The van der Waals surface area contributed by atoms with Gasteiger partial charge in [0.1, 0.15) is 12.1 Å². The van der Waals surface area contributed by atoms with E-state index in [2.05, 4.69) is 47.1 Å². The van der Waals surface area contributed by atoms with Gasteiger partial charge in [0.25, 0.3) is 0 Å². The molecule has 1 rings (SSSR count). The largest absolute Gasteiger partial charge is 0.358 e. The summed E-state index contributed by atoms with van der Waals surface area (Å²) in [5.74, 6) is 1.00. The van der Waals surface area contributed by atoms with E-state index in [1.54, 1.807) is 6.33 Å². The summed E-state index contributed by atoms with van der Waals surface area (Å²) in [5.41, 5.74) is 1.10. The van der Waals surface area contributed by atoms with Gasteiger partial charge in [-0.15, -0.1) is 0 Å². The lowest BCUT2D eigenvalue weighted by atomic mass is 10.3. The van der Waals surface area contributed by atoms with Crippen LogP contribution in [0, 0.1) is 0 Å². The minimum absolute atomic E-state index is 0.956. The second-order valence-electron chi connectivity index (χ2n) is 3.89. The first-order valence-corrected chi connectivity index (χ1v) is 6.00. The van der Waals surface area contributed by atoms with Crippen molar-refractivity contribution in [2.24, 2.45) is 0 Å². The van der Waals surface area contributed by atoms with E-state index in [1.165, 1.54) is 6.42 Å². The topological polar surface area (TPSA) is 41.0 Å². The van der Waals surface area contributed by atoms with Crippen LogP contribution in [-0.4, -0.2) is 36.6 Å². The molecule has 90 valence electrons. The molecule has 0 unspecified atom stereocenters. The van der Waals surface area contributed by atoms with Gasteiger partial charge in [0.2, 0.25) is 0 Å². The molecule has 4 heteroatoms. The quantitative estimate of drug-likeness (QED) is 0.709.